The van der Waals surface area contributed by atoms with Crippen molar-refractivity contribution in [2.75, 3.05) is 0 Å². The van der Waals surface area contributed by atoms with Gasteiger partial charge < -0.3 is 0 Å². The fourth-order valence-corrected chi connectivity index (χ4v) is 1.57. The Bertz CT molecular complexity index is 232. The molecule has 1 aliphatic rings. The molecule has 0 saturated heterocycles. The normalized spacial score (nSPS) is 25.2. The van der Waals surface area contributed by atoms with Gasteiger partial charge >= 0.3 is 12.1 Å². The van der Waals surface area contributed by atoms with Crippen LogP contribution in [0.2, 0.25) is 0 Å². The van der Waals surface area contributed by atoms with Crippen molar-refractivity contribution in [2.45, 2.75) is 37.8 Å². The molecule has 1 aliphatic carbocycles. The minimum absolute atomic E-state index is 0.116. The minimum atomic E-state index is -5.55. The SMILES string of the molecule is O=C1CCCC(C(F)(F)C(F)(F)F)C1. The zero-order valence-corrected chi connectivity index (χ0v) is 7.20. The molecule has 14 heavy (non-hydrogen) atoms. The lowest BCUT2D eigenvalue weighted by Gasteiger charge is -2.30. The van der Waals surface area contributed by atoms with E-state index < -0.39 is 30.2 Å². The number of carbonyl (C=O) groups excluding carboxylic acids is 1. The van der Waals surface area contributed by atoms with Crippen molar-refractivity contribution in [1.82, 2.24) is 0 Å². The van der Waals surface area contributed by atoms with E-state index in [2.05, 4.69) is 0 Å². The molecule has 1 fully saturated rings. The Balaban J connectivity index is 2.76. The first-order chi connectivity index (χ1) is 6.25. The van der Waals surface area contributed by atoms with Crippen LogP contribution in [-0.4, -0.2) is 17.9 Å². The average Bonchev–Trinajstić information content (AvgIpc) is 2.02. The highest BCUT2D eigenvalue weighted by molar-refractivity contribution is 5.79. The summed E-state index contributed by atoms with van der Waals surface area (Å²) in [6.45, 7) is 0. The number of Topliss-reactive ketones (excluding diaryl/α,β-unsaturated/α-hetero) is 1. The lowest BCUT2D eigenvalue weighted by molar-refractivity contribution is -0.304. The predicted molar refractivity (Wildman–Crippen MR) is 38.0 cm³/mol. The summed E-state index contributed by atoms with van der Waals surface area (Å²) in [4.78, 5) is 10.7. The number of halogens is 5. The van der Waals surface area contributed by atoms with E-state index in [4.69, 9.17) is 0 Å². The van der Waals surface area contributed by atoms with Crippen LogP contribution in [0.15, 0.2) is 0 Å². The topological polar surface area (TPSA) is 17.1 Å². The Labute approximate surface area is 77.3 Å². The second kappa shape index (κ2) is 3.47. The molecule has 1 atom stereocenters. The summed E-state index contributed by atoms with van der Waals surface area (Å²) in [5.41, 5.74) is 0. The van der Waals surface area contributed by atoms with Crippen LogP contribution in [0.3, 0.4) is 0 Å². The van der Waals surface area contributed by atoms with Crippen molar-refractivity contribution in [1.29, 1.82) is 0 Å². The summed E-state index contributed by atoms with van der Waals surface area (Å²) in [6, 6.07) is 0. The summed E-state index contributed by atoms with van der Waals surface area (Å²) >= 11 is 0. The molecule has 6 heteroatoms. The highest BCUT2D eigenvalue weighted by Crippen LogP contribution is 2.45. The van der Waals surface area contributed by atoms with Gasteiger partial charge in [-0.1, -0.05) is 0 Å². The first kappa shape index (κ1) is 11.4. The lowest BCUT2D eigenvalue weighted by Crippen LogP contribution is -2.45. The third kappa shape index (κ3) is 2.04. The van der Waals surface area contributed by atoms with Gasteiger partial charge in [-0.05, 0) is 12.8 Å². The summed E-state index contributed by atoms with van der Waals surface area (Å²) in [5, 5.41) is 0. The summed E-state index contributed by atoms with van der Waals surface area (Å²) in [7, 11) is 0. The van der Waals surface area contributed by atoms with Crippen LogP contribution in [-0.2, 0) is 4.79 Å². The third-order valence-electron chi connectivity index (χ3n) is 2.37. The molecule has 1 nitrogen and oxygen atoms in total. The molecule has 0 amide bonds. The molecule has 1 saturated carbocycles. The van der Waals surface area contributed by atoms with Crippen LogP contribution in [0.25, 0.3) is 0 Å². The van der Waals surface area contributed by atoms with Gasteiger partial charge in [-0.15, -0.1) is 0 Å². The molecule has 0 aromatic heterocycles. The van der Waals surface area contributed by atoms with Gasteiger partial charge in [0.05, 0.1) is 0 Å². The van der Waals surface area contributed by atoms with Crippen molar-refractivity contribution >= 4 is 5.78 Å². The van der Waals surface area contributed by atoms with Crippen LogP contribution in [0.5, 0.6) is 0 Å². The van der Waals surface area contributed by atoms with Crippen LogP contribution >= 0.6 is 0 Å². The van der Waals surface area contributed by atoms with Crippen molar-refractivity contribution in [3.8, 4) is 0 Å². The number of carbonyl (C=O) groups is 1. The molecule has 0 bridgehead atoms. The highest BCUT2D eigenvalue weighted by Gasteiger charge is 2.62. The number of alkyl halides is 5. The Morgan fingerprint density at radius 1 is 1.14 bits per heavy atom. The average molecular weight is 216 g/mol. The molecule has 0 aliphatic heterocycles. The van der Waals surface area contributed by atoms with E-state index in [-0.39, 0.29) is 19.3 Å². The van der Waals surface area contributed by atoms with Crippen LogP contribution in [0.1, 0.15) is 25.7 Å². The Kier molecular flexibility index (Phi) is 2.83. The minimum Gasteiger partial charge on any atom is -0.300 e. The molecule has 0 spiro atoms. The number of hydrogen-bond donors (Lipinski definition) is 0. The van der Waals surface area contributed by atoms with E-state index in [1.54, 1.807) is 0 Å². The zero-order valence-electron chi connectivity index (χ0n) is 7.20. The standard InChI is InChI=1S/C8H9F5O/c9-7(10,8(11,12)13)5-2-1-3-6(14)4-5/h5H,1-4H2. The van der Waals surface area contributed by atoms with E-state index in [0.717, 1.165) is 0 Å². The van der Waals surface area contributed by atoms with Gasteiger partial charge in [-0.3, -0.25) is 4.79 Å². The molecular formula is C8H9F5O. The molecular weight excluding hydrogens is 207 g/mol. The fourth-order valence-electron chi connectivity index (χ4n) is 1.57. The second-order valence-electron chi connectivity index (χ2n) is 3.45. The fraction of sp³-hybridized carbons (Fsp3) is 0.875. The lowest BCUT2D eigenvalue weighted by atomic mass is 9.83. The van der Waals surface area contributed by atoms with Gasteiger partial charge in [0.1, 0.15) is 5.78 Å². The molecule has 0 radical (unpaired) electrons. The molecule has 1 rings (SSSR count). The van der Waals surface area contributed by atoms with E-state index in [9.17, 15) is 26.7 Å². The molecule has 1 unspecified atom stereocenters. The predicted octanol–water partition coefficient (Wildman–Crippen LogP) is 2.94. The number of ketones is 1. The van der Waals surface area contributed by atoms with E-state index in [0.29, 0.717) is 0 Å². The van der Waals surface area contributed by atoms with Crippen molar-refractivity contribution in [3.05, 3.63) is 0 Å². The molecule has 0 aromatic carbocycles. The van der Waals surface area contributed by atoms with Gasteiger partial charge in [0.2, 0.25) is 0 Å². The smallest absolute Gasteiger partial charge is 0.300 e. The number of hydrogen-bond acceptors (Lipinski definition) is 1. The van der Waals surface area contributed by atoms with E-state index in [1.165, 1.54) is 0 Å². The molecule has 82 valence electrons. The third-order valence-corrected chi connectivity index (χ3v) is 2.37. The molecule has 0 heterocycles. The maximum Gasteiger partial charge on any atom is 0.453 e. The summed E-state index contributed by atoms with van der Waals surface area (Å²) < 4.78 is 61.1. The monoisotopic (exact) mass is 216 g/mol. The summed E-state index contributed by atoms with van der Waals surface area (Å²) in [6.07, 6.45) is -6.21. The quantitative estimate of drug-likeness (QED) is 0.616. The van der Waals surface area contributed by atoms with Gasteiger partial charge in [0.15, 0.2) is 0 Å². The van der Waals surface area contributed by atoms with Gasteiger partial charge in [0.25, 0.3) is 0 Å². The van der Waals surface area contributed by atoms with Crippen molar-refractivity contribution in [2.24, 2.45) is 5.92 Å². The Morgan fingerprint density at radius 2 is 1.71 bits per heavy atom. The Morgan fingerprint density at radius 3 is 2.14 bits per heavy atom. The largest absolute Gasteiger partial charge is 0.453 e. The van der Waals surface area contributed by atoms with E-state index >= 15 is 0 Å². The van der Waals surface area contributed by atoms with Crippen LogP contribution in [0.4, 0.5) is 22.0 Å². The van der Waals surface area contributed by atoms with Gasteiger partial charge in [0, 0.05) is 18.8 Å². The highest BCUT2D eigenvalue weighted by atomic mass is 19.4. The van der Waals surface area contributed by atoms with Gasteiger partial charge in [-0.2, -0.15) is 22.0 Å². The first-order valence-corrected chi connectivity index (χ1v) is 4.21. The van der Waals surface area contributed by atoms with Crippen LogP contribution in [0, 0.1) is 5.92 Å². The molecule has 0 aromatic rings. The zero-order chi connectivity index (χ0) is 11.0. The van der Waals surface area contributed by atoms with Gasteiger partial charge in [-0.25, -0.2) is 0 Å². The molecule has 0 N–H and O–H groups in total. The summed E-state index contributed by atoms with van der Waals surface area (Å²) in [5.74, 6) is -7.11. The first-order valence-electron chi connectivity index (χ1n) is 4.21. The van der Waals surface area contributed by atoms with Crippen LogP contribution < -0.4 is 0 Å². The Hall–Kier alpha value is -0.680. The van der Waals surface area contributed by atoms with Crippen molar-refractivity contribution in [3.63, 3.8) is 0 Å². The van der Waals surface area contributed by atoms with Crippen molar-refractivity contribution < 1.29 is 26.7 Å². The van der Waals surface area contributed by atoms with E-state index in [1.807, 2.05) is 0 Å². The maximum absolute atomic E-state index is 12.7. The number of rotatable bonds is 1. The maximum atomic E-state index is 12.7. The second-order valence-corrected chi connectivity index (χ2v) is 3.45.